The largest absolute Gasteiger partial charge is 0.432 e. The topological polar surface area (TPSA) is 20.2 Å². The van der Waals surface area contributed by atoms with Crippen molar-refractivity contribution in [1.29, 1.82) is 0 Å². The molecule has 2 heteroatoms. The van der Waals surface area contributed by atoms with E-state index >= 15 is 0 Å². The van der Waals surface area contributed by atoms with Crippen LogP contribution in [0, 0.1) is 5.92 Å². The standard InChI is InChI=1S/C10H24OSi/c1-5-7-8-10(6-2)9-12(3,4)11/h10-11H,5-9H2,1-4H3. The lowest BCUT2D eigenvalue weighted by Crippen LogP contribution is -2.28. The van der Waals surface area contributed by atoms with Gasteiger partial charge in [-0.1, -0.05) is 39.5 Å². The van der Waals surface area contributed by atoms with Gasteiger partial charge in [-0.25, -0.2) is 0 Å². The normalized spacial score (nSPS) is 14.8. The van der Waals surface area contributed by atoms with Crippen molar-refractivity contribution >= 4 is 8.32 Å². The lowest BCUT2D eigenvalue weighted by atomic mass is 10.0. The van der Waals surface area contributed by atoms with Crippen molar-refractivity contribution in [3.8, 4) is 0 Å². The van der Waals surface area contributed by atoms with E-state index in [1.165, 1.54) is 25.7 Å². The zero-order chi connectivity index (χ0) is 9.61. The van der Waals surface area contributed by atoms with E-state index in [0.717, 1.165) is 12.0 Å². The summed E-state index contributed by atoms with van der Waals surface area (Å²) in [5.41, 5.74) is 0. The van der Waals surface area contributed by atoms with Crippen molar-refractivity contribution in [2.75, 3.05) is 0 Å². The van der Waals surface area contributed by atoms with E-state index in [-0.39, 0.29) is 0 Å². The second-order valence-electron chi connectivity index (χ2n) is 4.43. The third-order valence-electron chi connectivity index (χ3n) is 2.33. The van der Waals surface area contributed by atoms with Crippen molar-refractivity contribution in [3.05, 3.63) is 0 Å². The van der Waals surface area contributed by atoms with E-state index in [2.05, 4.69) is 13.8 Å². The zero-order valence-corrected chi connectivity index (χ0v) is 10.1. The van der Waals surface area contributed by atoms with Gasteiger partial charge in [-0.05, 0) is 25.1 Å². The third kappa shape index (κ3) is 6.86. The van der Waals surface area contributed by atoms with Gasteiger partial charge in [0.05, 0.1) is 0 Å². The van der Waals surface area contributed by atoms with Crippen molar-refractivity contribution in [2.24, 2.45) is 5.92 Å². The van der Waals surface area contributed by atoms with Crippen LogP contribution in [0.3, 0.4) is 0 Å². The minimum absolute atomic E-state index is 0.775. The molecule has 0 aliphatic heterocycles. The van der Waals surface area contributed by atoms with Crippen LogP contribution in [0.4, 0.5) is 0 Å². The molecule has 0 heterocycles. The van der Waals surface area contributed by atoms with Crippen LogP contribution in [0.1, 0.15) is 39.5 Å². The maximum absolute atomic E-state index is 9.76. The van der Waals surface area contributed by atoms with Crippen LogP contribution in [0.25, 0.3) is 0 Å². The monoisotopic (exact) mass is 188 g/mol. The van der Waals surface area contributed by atoms with Crippen LogP contribution >= 0.6 is 0 Å². The molecule has 0 radical (unpaired) electrons. The van der Waals surface area contributed by atoms with Gasteiger partial charge >= 0.3 is 0 Å². The predicted octanol–water partition coefficient (Wildman–Crippen LogP) is 3.40. The summed E-state index contributed by atoms with van der Waals surface area (Å²) >= 11 is 0. The van der Waals surface area contributed by atoms with Crippen molar-refractivity contribution in [3.63, 3.8) is 0 Å². The Morgan fingerprint density at radius 2 is 1.83 bits per heavy atom. The predicted molar refractivity (Wildman–Crippen MR) is 57.8 cm³/mol. The first-order valence-electron chi connectivity index (χ1n) is 5.22. The first-order valence-corrected chi connectivity index (χ1v) is 8.37. The molecule has 0 bridgehead atoms. The van der Waals surface area contributed by atoms with Gasteiger partial charge in [0, 0.05) is 0 Å². The van der Waals surface area contributed by atoms with Gasteiger partial charge < -0.3 is 4.80 Å². The highest BCUT2D eigenvalue weighted by atomic mass is 28.4. The molecule has 0 aliphatic carbocycles. The van der Waals surface area contributed by atoms with Crippen LogP contribution in [-0.4, -0.2) is 13.1 Å². The molecule has 1 unspecified atom stereocenters. The molecule has 0 aromatic rings. The van der Waals surface area contributed by atoms with E-state index in [9.17, 15) is 4.80 Å². The average molecular weight is 188 g/mol. The van der Waals surface area contributed by atoms with Crippen molar-refractivity contribution in [2.45, 2.75) is 58.7 Å². The van der Waals surface area contributed by atoms with Gasteiger partial charge in [-0.15, -0.1) is 0 Å². The molecular formula is C10H24OSi. The Morgan fingerprint density at radius 1 is 1.25 bits per heavy atom. The highest BCUT2D eigenvalue weighted by Crippen LogP contribution is 2.22. The molecule has 0 rings (SSSR count). The molecule has 0 saturated heterocycles. The second-order valence-corrected chi connectivity index (χ2v) is 8.47. The first kappa shape index (κ1) is 12.2. The minimum atomic E-state index is -1.79. The van der Waals surface area contributed by atoms with Gasteiger partial charge in [-0.3, -0.25) is 0 Å². The smallest absolute Gasteiger partial charge is 0.182 e. The Hall–Kier alpha value is 0.177. The lowest BCUT2D eigenvalue weighted by molar-refractivity contribution is 0.452. The third-order valence-corrected chi connectivity index (χ3v) is 3.91. The molecule has 1 atom stereocenters. The molecular weight excluding hydrogens is 164 g/mol. The summed E-state index contributed by atoms with van der Waals surface area (Å²) in [7, 11) is -1.79. The van der Waals surface area contributed by atoms with E-state index in [1.807, 2.05) is 13.1 Å². The number of rotatable bonds is 6. The summed E-state index contributed by atoms with van der Waals surface area (Å²) in [6.07, 6.45) is 5.15. The van der Waals surface area contributed by atoms with Crippen LogP contribution in [0.2, 0.25) is 19.1 Å². The Balaban J connectivity index is 3.67. The van der Waals surface area contributed by atoms with Crippen LogP contribution < -0.4 is 0 Å². The Kier molecular flexibility index (Phi) is 5.84. The summed E-state index contributed by atoms with van der Waals surface area (Å²) in [6.45, 7) is 8.55. The first-order chi connectivity index (χ1) is 5.49. The van der Waals surface area contributed by atoms with Gasteiger partial charge in [0.1, 0.15) is 0 Å². The van der Waals surface area contributed by atoms with Gasteiger partial charge in [-0.2, -0.15) is 0 Å². The molecule has 1 N–H and O–H groups in total. The molecule has 0 aromatic carbocycles. The van der Waals surface area contributed by atoms with Crippen LogP contribution in [0.15, 0.2) is 0 Å². The lowest BCUT2D eigenvalue weighted by Gasteiger charge is -2.21. The second kappa shape index (κ2) is 5.76. The summed E-state index contributed by atoms with van der Waals surface area (Å²) in [5.74, 6) is 0.775. The quantitative estimate of drug-likeness (QED) is 0.633. The number of hydrogen-bond donors (Lipinski definition) is 1. The average Bonchev–Trinajstić information content (AvgIpc) is 1.95. The maximum atomic E-state index is 9.76. The highest BCUT2D eigenvalue weighted by molar-refractivity contribution is 6.69. The van der Waals surface area contributed by atoms with E-state index in [0.29, 0.717) is 0 Å². The molecule has 12 heavy (non-hydrogen) atoms. The highest BCUT2D eigenvalue weighted by Gasteiger charge is 2.21. The fraction of sp³-hybridized carbons (Fsp3) is 1.00. The fourth-order valence-electron chi connectivity index (χ4n) is 1.65. The maximum Gasteiger partial charge on any atom is 0.182 e. The molecule has 0 spiro atoms. The molecule has 0 aromatic heterocycles. The molecule has 0 saturated carbocycles. The summed E-state index contributed by atoms with van der Waals surface area (Å²) in [4.78, 5) is 9.76. The van der Waals surface area contributed by atoms with Gasteiger partial charge in [0.2, 0.25) is 0 Å². The van der Waals surface area contributed by atoms with E-state index < -0.39 is 8.32 Å². The van der Waals surface area contributed by atoms with Gasteiger partial charge in [0.15, 0.2) is 8.32 Å². The number of unbranched alkanes of at least 4 members (excludes halogenated alkanes) is 1. The minimum Gasteiger partial charge on any atom is -0.432 e. The van der Waals surface area contributed by atoms with Gasteiger partial charge in [0.25, 0.3) is 0 Å². The molecule has 1 nitrogen and oxygen atoms in total. The van der Waals surface area contributed by atoms with Crippen molar-refractivity contribution < 1.29 is 4.80 Å². The number of hydrogen-bond acceptors (Lipinski definition) is 1. The van der Waals surface area contributed by atoms with Crippen LogP contribution in [-0.2, 0) is 0 Å². The van der Waals surface area contributed by atoms with Crippen molar-refractivity contribution in [1.82, 2.24) is 0 Å². The van der Waals surface area contributed by atoms with E-state index in [4.69, 9.17) is 0 Å². The Morgan fingerprint density at radius 3 is 2.17 bits per heavy atom. The SMILES string of the molecule is CCCCC(CC)C[Si](C)(C)O. The molecule has 0 aliphatic rings. The van der Waals surface area contributed by atoms with Crippen LogP contribution in [0.5, 0.6) is 0 Å². The summed E-state index contributed by atoms with van der Waals surface area (Å²) < 4.78 is 0. The van der Waals surface area contributed by atoms with E-state index in [1.54, 1.807) is 0 Å². The Bertz CT molecular complexity index is 107. The molecule has 74 valence electrons. The summed E-state index contributed by atoms with van der Waals surface area (Å²) in [6, 6.07) is 1.09. The Labute approximate surface area is 78.3 Å². The molecule has 0 amide bonds. The zero-order valence-electron chi connectivity index (χ0n) is 9.06. The molecule has 0 fully saturated rings. The fourth-order valence-corrected chi connectivity index (χ4v) is 3.56. The summed E-state index contributed by atoms with van der Waals surface area (Å²) in [5, 5.41) is 0.